The number of amides is 2. The largest absolute Gasteiger partial charge is 0.355 e. The third-order valence-corrected chi connectivity index (χ3v) is 10.5. The van der Waals surface area contributed by atoms with Crippen LogP contribution < -0.4 is 10.6 Å². The minimum Gasteiger partial charge on any atom is -0.355 e. The molecule has 0 spiro atoms. The van der Waals surface area contributed by atoms with E-state index in [-0.39, 0.29) is 17.9 Å². The second-order valence-electron chi connectivity index (χ2n) is 14.1. The lowest BCUT2D eigenvalue weighted by atomic mass is 9.81. The normalized spacial score (nSPS) is 23.2. The van der Waals surface area contributed by atoms with Gasteiger partial charge in [-0.1, -0.05) is 49.1 Å². The van der Waals surface area contributed by atoms with E-state index in [9.17, 15) is 9.59 Å². The number of likely N-dealkylation sites (N-methyl/N-ethyl adjacent to an activating group) is 1. The molecule has 4 aliphatic rings. The van der Waals surface area contributed by atoms with Gasteiger partial charge in [0.1, 0.15) is 0 Å². The van der Waals surface area contributed by atoms with E-state index in [0.717, 1.165) is 38.0 Å². The Morgan fingerprint density at radius 1 is 1.04 bits per heavy atom. The van der Waals surface area contributed by atoms with Gasteiger partial charge in [0, 0.05) is 60.7 Å². The van der Waals surface area contributed by atoms with Gasteiger partial charge in [-0.2, -0.15) is 0 Å². The summed E-state index contributed by atoms with van der Waals surface area (Å²) in [5.41, 5.74) is 7.99. The molecule has 3 aromatic rings. The lowest BCUT2D eigenvalue weighted by molar-refractivity contribution is -0.176. The molecule has 46 heavy (non-hydrogen) atoms. The number of hydrogen-bond donors (Lipinski definition) is 4. The van der Waals surface area contributed by atoms with Crippen LogP contribution >= 0.6 is 0 Å². The van der Waals surface area contributed by atoms with Crippen molar-refractivity contribution in [3.8, 4) is 11.3 Å². The van der Waals surface area contributed by atoms with E-state index < -0.39 is 5.41 Å². The highest BCUT2D eigenvalue weighted by molar-refractivity contribution is 6.01. The van der Waals surface area contributed by atoms with Gasteiger partial charge in [0.05, 0.1) is 11.1 Å². The molecule has 1 aromatic heterocycles. The number of nitrogens with one attached hydrogen (secondary N) is 2. The zero-order valence-corrected chi connectivity index (χ0v) is 28.5. The molecule has 9 nitrogen and oxygen atoms in total. The summed E-state index contributed by atoms with van der Waals surface area (Å²) in [4.78, 5) is 31.6. The number of aryl methyl sites for hydroxylation is 1. The topological polar surface area (TPSA) is 110 Å². The van der Waals surface area contributed by atoms with Crippen molar-refractivity contribution >= 4 is 22.7 Å². The first-order valence-electron chi connectivity index (χ1n) is 17.0. The van der Waals surface area contributed by atoms with E-state index in [0.29, 0.717) is 23.9 Å². The Kier molecular flexibility index (Phi) is 10.6. The number of nitrogens with zero attached hydrogens (tertiary/aromatic N) is 3. The SMILES string of the molecule is CCN(C(=O)C12CC1c1cc(C)ccc1-c1c(C3CCCCC3)c3ccc(C(=O)NC)cc3n1C2)C1CCNC1.CN(C)C.OO. The van der Waals surface area contributed by atoms with Gasteiger partial charge in [-0.25, -0.2) is 0 Å². The van der Waals surface area contributed by atoms with Gasteiger partial charge in [-0.3, -0.25) is 20.1 Å². The number of fused-ring (bicyclic) bond motifs is 7. The average molecular weight is 632 g/mol. The Hall–Kier alpha value is -3.24. The number of hydrogen-bond acceptors (Lipinski definition) is 6. The minimum absolute atomic E-state index is 0.0673. The van der Waals surface area contributed by atoms with Crippen LogP contribution in [-0.4, -0.2) is 90.6 Å². The molecule has 2 aliphatic carbocycles. The van der Waals surface area contributed by atoms with Gasteiger partial charge in [-0.05, 0) is 96.4 Å². The number of carbonyl (C=O) groups is 2. The summed E-state index contributed by atoms with van der Waals surface area (Å²) in [6.07, 6.45) is 8.16. The van der Waals surface area contributed by atoms with Crippen LogP contribution in [0.4, 0.5) is 0 Å². The molecule has 0 radical (unpaired) electrons. The molecule has 9 heteroatoms. The predicted octanol–water partition coefficient (Wildman–Crippen LogP) is 5.92. The number of carbonyl (C=O) groups excluding carboxylic acids is 2. The molecular weight excluding hydrogens is 578 g/mol. The monoisotopic (exact) mass is 631 g/mol. The third-order valence-electron chi connectivity index (χ3n) is 10.5. The van der Waals surface area contributed by atoms with E-state index >= 15 is 0 Å². The summed E-state index contributed by atoms with van der Waals surface area (Å²) >= 11 is 0. The van der Waals surface area contributed by atoms with Gasteiger partial charge < -0.3 is 25.0 Å². The van der Waals surface area contributed by atoms with Crippen LogP contribution in [0.25, 0.3) is 22.2 Å². The summed E-state index contributed by atoms with van der Waals surface area (Å²) in [6.45, 7) is 7.59. The lowest BCUT2D eigenvalue weighted by Crippen LogP contribution is -2.46. The molecule has 2 aliphatic heterocycles. The smallest absolute Gasteiger partial charge is 0.251 e. The van der Waals surface area contributed by atoms with E-state index in [1.807, 2.05) is 32.1 Å². The highest BCUT2D eigenvalue weighted by atomic mass is 17.0. The molecular formula is C37H53N5O4. The highest BCUT2D eigenvalue weighted by Crippen LogP contribution is 2.66. The molecule has 3 fully saturated rings. The Balaban J connectivity index is 0.000000647. The zero-order chi connectivity index (χ0) is 33.2. The second kappa shape index (κ2) is 14.3. The summed E-state index contributed by atoms with van der Waals surface area (Å²) in [5.74, 6) is 0.986. The Labute approximate surface area is 273 Å². The molecule has 0 bridgehead atoms. The standard InChI is InChI=1S/C34H42N4O2.C3H9N.H2O2/c1-4-37(24-14-15-36-19-24)33(40)34-18-28(34)27-16-21(2)10-12-25(27)31-30(22-8-6-5-7-9-22)26-13-11-23(32(39)35-3)17-29(26)38(31)20-34;1-4(2)3;1-2/h10-13,16-17,22,24,28,36H,4-9,14-15,18-20H2,1-3H3,(H,35,39);1-3H3;1-2H. The van der Waals surface area contributed by atoms with Crippen LogP contribution in [0.15, 0.2) is 36.4 Å². The van der Waals surface area contributed by atoms with E-state index in [1.165, 1.54) is 65.4 Å². The van der Waals surface area contributed by atoms with Crippen LogP contribution in [0, 0.1) is 12.3 Å². The van der Waals surface area contributed by atoms with Crippen molar-refractivity contribution in [2.45, 2.75) is 83.2 Å². The fourth-order valence-electron chi connectivity index (χ4n) is 8.34. The predicted molar refractivity (Wildman–Crippen MR) is 185 cm³/mol. The number of rotatable bonds is 5. The molecule has 4 N–H and O–H groups in total. The maximum Gasteiger partial charge on any atom is 0.251 e. The van der Waals surface area contributed by atoms with Crippen LogP contribution in [0.1, 0.15) is 90.8 Å². The highest BCUT2D eigenvalue weighted by Gasteiger charge is 2.64. The first-order chi connectivity index (χ1) is 22.2. The quantitative estimate of drug-likeness (QED) is 0.206. The van der Waals surface area contributed by atoms with Gasteiger partial charge >= 0.3 is 0 Å². The van der Waals surface area contributed by atoms with Crippen molar-refractivity contribution < 1.29 is 20.1 Å². The summed E-state index contributed by atoms with van der Waals surface area (Å²) < 4.78 is 2.46. The van der Waals surface area contributed by atoms with Gasteiger partial charge in [-0.15, -0.1) is 0 Å². The molecule has 2 saturated carbocycles. The van der Waals surface area contributed by atoms with Crippen molar-refractivity contribution in [2.75, 3.05) is 47.8 Å². The van der Waals surface area contributed by atoms with Gasteiger partial charge in [0.25, 0.3) is 5.91 Å². The van der Waals surface area contributed by atoms with E-state index in [4.69, 9.17) is 10.5 Å². The van der Waals surface area contributed by atoms with Crippen molar-refractivity contribution in [1.82, 2.24) is 25.0 Å². The number of aromatic nitrogens is 1. The molecule has 3 atom stereocenters. The maximum atomic E-state index is 14.6. The Morgan fingerprint density at radius 3 is 2.39 bits per heavy atom. The molecule has 7 rings (SSSR count). The fraction of sp³-hybridized carbons (Fsp3) is 0.568. The first-order valence-corrected chi connectivity index (χ1v) is 17.0. The molecule has 2 aromatic carbocycles. The van der Waals surface area contributed by atoms with E-state index in [2.05, 4.69) is 64.3 Å². The van der Waals surface area contributed by atoms with E-state index in [1.54, 1.807) is 7.05 Å². The van der Waals surface area contributed by atoms with Crippen molar-refractivity contribution in [2.24, 2.45) is 5.41 Å². The molecule has 3 heterocycles. The van der Waals surface area contributed by atoms with Crippen molar-refractivity contribution in [3.63, 3.8) is 0 Å². The lowest BCUT2D eigenvalue weighted by Gasteiger charge is -2.32. The molecule has 3 unspecified atom stereocenters. The summed E-state index contributed by atoms with van der Waals surface area (Å²) in [7, 11) is 7.69. The second-order valence-corrected chi connectivity index (χ2v) is 14.1. The van der Waals surface area contributed by atoms with Crippen LogP contribution in [0.2, 0.25) is 0 Å². The van der Waals surface area contributed by atoms with Crippen LogP contribution in [-0.2, 0) is 11.3 Å². The number of benzene rings is 2. The molecule has 1 saturated heterocycles. The van der Waals surface area contributed by atoms with Crippen molar-refractivity contribution in [1.29, 1.82) is 0 Å². The first kappa shape index (κ1) is 34.1. The van der Waals surface area contributed by atoms with Crippen LogP contribution in [0.3, 0.4) is 0 Å². The third kappa shape index (κ3) is 6.22. The molecule has 2 amide bonds. The minimum atomic E-state index is -0.439. The Morgan fingerprint density at radius 2 is 1.76 bits per heavy atom. The Bertz CT molecular complexity index is 1550. The van der Waals surface area contributed by atoms with Crippen molar-refractivity contribution in [3.05, 3.63) is 58.7 Å². The van der Waals surface area contributed by atoms with Gasteiger partial charge in [0.2, 0.25) is 5.91 Å². The maximum absolute atomic E-state index is 14.6. The fourth-order valence-corrected chi connectivity index (χ4v) is 8.34. The summed E-state index contributed by atoms with van der Waals surface area (Å²) in [6, 6.07) is 13.4. The molecule has 250 valence electrons. The average Bonchev–Trinajstić information content (AvgIpc) is 3.41. The van der Waals surface area contributed by atoms with Crippen LogP contribution in [0.5, 0.6) is 0 Å². The zero-order valence-electron chi connectivity index (χ0n) is 28.5. The summed E-state index contributed by atoms with van der Waals surface area (Å²) in [5, 5.41) is 19.5. The van der Waals surface area contributed by atoms with Gasteiger partial charge in [0.15, 0.2) is 0 Å².